The molecule has 0 aliphatic heterocycles. The molecule has 7 heteroatoms. The van der Waals surface area contributed by atoms with Gasteiger partial charge in [0.25, 0.3) is 5.91 Å². The van der Waals surface area contributed by atoms with Gasteiger partial charge in [0.2, 0.25) is 0 Å². The van der Waals surface area contributed by atoms with E-state index in [2.05, 4.69) is 10.3 Å². The van der Waals surface area contributed by atoms with Crippen LogP contribution in [-0.4, -0.2) is 50.0 Å². The van der Waals surface area contributed by atoms with Crippen molar-refractivity contribution in [3.05, 3.63) is 78.0 Å². The first-order chi connectivity index (χ1) is 16.6. The minimum Gasteiger partial charge on any atom is -0.497 e. The summed E-state index contributed by atoms with van der Waals surface area (Å²) in [7, 11) is 4.72. The number of fused-ring (bicyclic) bond motifs is 1. The van der Waals surface area contributed by atoms with Crippen molar-refractivity contribution in [2.75, 3.05) is 27.9 Å². The molecule has 34 heavy (non-hydrogen) atoms. The van der Waals surface area contributed by atoms with Gasteiger partial charge >= 0.3 is 0 Å². The van der Waals surface area contributed by atoms with Gasteiger partial charge in [-0.15, -0.1) is 0 Å². The summed E-state index contributed by atoms with van der Waals surface area (Å²) in [5, 5.41) is 14.1. The van der Waals surface area contributed by atoms with Crippen LogP contribution in [0.2, 0.25) is 0 Å². The van der Waals surface area contributed by atoms with E-state index in [1.807, 2.05) is 42.6 Å². The van der Waals surface area contributed by atoms with Gasteiger partial charge in [-0.1, -0.05) is 18.2 Å². The average Bonchev–Trinajstić information content (AvgIpc) is 3.30. The van der Waals surface area contributed by atoms with E-state index in [-0.39, 0.29) is 12.5 Å². The molecular formula is C27H28N2O5. The van der Waals surface area contributed by atoms with Gasteiger partial charge in [0.15, 0.2) is 0 Å². The van der Waals surface area contributed by atoms with Crippen LogP contribution in [0.15, 0.2) is 66.9 Å². The maximum atomic E-state index is 13.5. The predicted octanol–water partition coefficient (Wildman–Crippen LogP) is 4.19. The first-order valence-electron chi connectivity index (χ1n) is 10.9. The Balaban J connectivity index is 1.67. The second-order valence-corrected chi connectivity index (χ2v) is 7.89. The molecule has 3 aromatic carbocycles. The number of ether oxygens (including phenoxy) is 3. The molecule has 1 heterocycles. The molecule has 0 bridgehead atoms. The van der Waals surface area contributed by atoms with Gasteiger partial charge in [0.1, 0.15) is 17.2 Å². The summed E-state index contributed by atoms with van der Waals surface area (Å²) in [5.41, 5.74) is 3.82. The zero-order valence-corrected chi connectivity index (χ0v) is 19.4. The van der Waals surface area contributed by atoms with E-state index in [4.69, 9.17) is 14.2 Å². The molecule has 0 fully saturated rings. The van der Waals surface area contributed by atoms with Gasteiger partial charge in [-0.2, -0.15) is 0 Å². The summed E-state index contributed by atoms with van der Waals surface area (Å²) < 4.78 is 16.3. The smallest absolute Gasteiger partial charge is 0.252 e. The number of H-pyrrole nitrogens is 1. The predicted molar refractivity (Wildman–Crippen MR) is 132 cm³/mol. The molecule has 0 aliphatic rings. The number of hydrogen-bond donors (Lipinski definition) is 3. The Morgan fingerprint density at radius 3 is 2.41 bits per heavy atom. The summed E-state index contributed by atoms with van der Waals surface area (Å²) in [5.74, 6) is 1.48. The molecule has 176 valence electrons. The highest BCUT2D eigenvalue weighted by Crippen LogP contribution is 2.37. The van der Waals surface area contributed by atoms with Gasteiger partial charge in [-0.25, -0.2) is 0 Å². The van der Waals surface area contributed by atoms with Gasteiger partial charge in [-0.3, -0.25) is 4.79 Å². The lowest BCUT2D eigenvalue weighted by atomic mass is 9.97. The Labute approximate surface area is 198 Å². The summed E-state index contributed by atoms with van der Waals surface area (Å²) >= 11 is 0. The molecule has 0 saturated carbocycles. The van der Waals surface area contributed by atoms with E-state index in [1.165, 1.54) is 0 Å². The molecule has 7 nitrogen and oxygen atoms in total. The highest BCUT2D eigenvalue weighted by molar-refractivity contribution is 6.02. The van der Waals surface area contributed by atoms with Crippen LogP contribution >= 0.6 is 0 Å². The minimum absolute atomic E-state index is 0.201. The maximum Gasteiger partial charge on any atom is 0.252 e. The molecule has 1 amide bonds. The number of aromatic amines is 1. The first kappa shape index (κ1) is 23.2. The molecule has 0 unspecified atom stereocenters. The second-order valence-electron chi connectivity index (χ2n) is 7.89. The number of nitrogens with one attached hydrogen (secondary N) is 2. The van der Waals surface area contributed by atoms with Crippen molar-refractivity contribution in [3.63, 3.8) is 0 Å². The molecule has 1 atom stereocenters. The van der Waals surface area contributed by atoms with Crippen LogP contribution in [0.4, 0.5) is 0 Å². The normalized spacial score (nSPS) is 11.8. The van der Waals surface area contributed by atoms with Crippen LogP contribution in [0, 0.1) is 0 Å². The van der Waals surface area contributed by atoms with Gasteiger partial charge < -0.3 is 29.6 Å². The van der Waals surface area contributed by atoms with Crippen molar-refractivity contribution in [1.82, 2.24) is 10.3 Å². The van der Waals surface area contributed by atoms with Crippen molar-refractivity contribution < 1.29 is 24.1 Å². The highest BCUT2D eigenvalue weighted by atomic mass is 16.5. The van der Waals surface area contributed by atoms with Gasteiger partial charge in [-0.05, 0) is 60.0 Å². The number of methoxy groups -OCH3 is 3. The maximum absolute atomic E-state index is 13.5. The number of carbonyl (C=O) groups excluding carboxylic acids is 1. The van der Waals surface area contributed by atoms with Gasteiger partial charge in [0, 0.05) is 22.7 Å². The van der Waals surface area contributed by atoms with Crippen LogP contribution in [0.25, 0.3) is 22.0 Å². The number of aliphatic hydroxyl groups excluding tert-OH is 1. The lowest BCUT2D eigenvalue weighted by molar-refractivity contribution is 0.0917. The van der Waals surface area contributed by atoms with Gasteiger partial charge in [0.05, 0.1) is 39.5 Å². The third-order valence-corrected chi connectivity index (χ3v) is 5.87. The van der Waals surface area contributed by atoms with Crippen LogP contribution in [0.3, 0.4) is 0 Å². The number of aromatic nitrogens is 1. The second kappa shape index (κ2) is 10.3. The molecule has 0 spiro atoms. The quantitative estimate of drug-likeness (QED) is 0.348. The summed E-state index contributed by atoms with van der Waals surface area (Å²) in [4.78, 5) is 16.7. The average molecular weight is 461 g/mol. The van der Waals surface area contributed by atoms with E-state index in [0.717, 1.165) is 16.5 Å². The van der Waals surface area contributed by atoms with Crippen LogP contribution in [0.5, 0.6) is 17.2 Å². The van der Waals surface area contributed by atoms with Crippen LogP contribution < -0.4 is 19.5 Å². The summed E-state index contributed by atoms with van der Waals surface area (Å²) in [6.07, 6.45) is 2.39. The summed E-state index contributed by atoms with van der Waals surface area (Å²) in [6, 6.07) is 18.2. The molecule has 4 rings (SSSR count). The fourth-order valence-electron chi connectivity index (χ4n) is 4.09. The Morgan fingerprint density at radius 1 is 0.941 bits per heavy atom. The lowest BCUT2D eigenvalue weighted by Gasteiger charge is -2.19. The fourth-order valence-corrected chi connectivity index (χ4v) is 4.09. The zero-order chi connectivity index (χ0) is 24.1. The number of aliphatic hydroxyl groups is 1. The van der Waals surface area contributed by atoms with E-state index in [1.54, 1.807) is 45.6 Å². The third kappa shape index (κ3) is 4.70. The Bertz CT molecular complexity index is 1300. The molecular weight excluding hydrogens is 432 g/mol. The number of carbonyl (C=O) groups is 1. The Morgan fingerprint density at radius 2 is 1.68 bits per heavy atom. The van der Waals surface area contributed by atoms with E-state index < -0.39 is 6.04 Å². The van der Waals surface area contributed by atoms with Crippen molar-refractivity contribution in [2.24, 2.45) is 0 Å². The fraction of sp³-hybridized carbons (Fsp3) is 0.222. The SMILES string of the molecule is COc1ccc(-c2cc(OC)ccc2OC)c(C(=O)N[C@@H](CO)Cc2c[nH]c3ccccc23)c1. The lowest BCUT2D eigenvalue weighted by Crippen LogP contribution is -2.39. The largest absolute Gasteiger partial charge is 0.497 e. The molecule has 0 aliphatic carbocycles. The molecule has 1 aromatic heterocycles. The number of amides is 1. The van der Waals surface area contributed by atoms with Crippen molar-refractivity contribution in [1.29, 1.82) is 0 Å². The topological polar surface area (TPSA) is 92.8 Å². The number of rotatable bonds is 9. The van der Waals surface area contributed by atoms with E-state index >= 15 is 0 Å². The Hall–Kier alpha value is -3.97. The van der Waals surface area contributed by atoms with E-state index in [9.17, 15) is 9.90 Å². The standard InChI is InChI=1S/C27H28N2O5/c1-32-19-8-10-22(23-13-20(33-2)9-11-26(23)34-3)24(14-19)27(31)29-18(16-30)12-17-15-28-25-7-5-4-6-21(17)25/h4-11,13-15,18,28,30H,12,16H2,1-3H3,(H,29,31)/t18-/m1/s1. The monoisotopic (exact) mass is 460 g/mol. The van der Waals surface area contributed by atoms with E-state index in [0.29, 0.717) is 40.4 Å². The van der Waals surface area contributed by atoms with Crippen LogP contribution in [-0.2, 0) is 6.42 Å². The van der Waals surface area contributed by atoms with Crippen molar-refractivity contribution in [2.45, 2.75) is 12.5 Å². The van der Waals surface area contributed by atoms with Crippen molar-refractivity contribution >= 4 is 16.8 Å². The summed E-state index contributed by atoms with van der Waals surface area (Å²) in [6.45, 7) is -0.201. The molecule has 4 aromatic rings. The molecule has 0 saturated heterocycles. The third-order valence-electron chi connectivity index (χ3n) is 5.87. The number of benzene rings is 3. The highest BCUT2D eigenvalue weighted by Gasteiger charge is 2.21. The minimum atomic E-state index is -0.474. The van der Waals surface area contributed by atoms with Crippen molar-refractivity contribution in [3.8, 4) is 28.4 Å². The Kier molecular flexibility index (Phi) is 7.04. The van der Waals surface area contributed by atoms with Crippen LogP contribution in [0.1, 0.15) is 15.9 Å². The first-order valence-corrected chi connectivity index (χ1v) is 10.9. The molecule has 0 radical (unpaired) electrons. The molecule has 3 N–H and O–H groups in total. The number of hydrogen-bond acceptors (Lipinski definition) is 5. The number of para-hydroxylation sites is 1. The zero-order valence-electron chi connectivity index (χ0n) is 19.4.